The predicted octanol–water partition coefficient (Wildman–Crippen LogP) is 5.08. The van der Waals surface area contributed by atoms with Gasteiger partial charge in [-0.25, -0.2) is 14.5 Å². The van der Waals surface area contributed by atoms with Crippen LogP contribution < -0.4 is 15.5 Å². The van der Waals surface area contributed by atoms with Crippen molar-refractivity contribution in [2.45, 2.75) is 27.2 Å². The first-order valence-corrected chi connectivity index (χ1v) is 14.7. The van der Waals surface area contributed by atoms with Crippen LogP contribution in [0.3, 0.4) is 0 Å². The fourth-order valence-electron chi connectivity index (χ4n) is 4.30. The number of azo groups is 1. The number of nitrogens with zero attached hydrogens (tertiary/aromatic N) is 10. The van der Waals surface area contributed by atoms with E-state index in [-0.39, 0.29) is 18.0 Å². The van der Waals surface area contributed by atoms with Crippen LogP contribution in [0.15, 0.2) is 47.5 Å². The fourth-order valence-corrected chi connectivity index (χ4v) is 4.76. The van der Waals surface area contributed by atoms with Gasteiger partial charge in [-0.05, 0) is 38.3 Å². The topological polar surface area (TPSA) is 181 Å². The lowest BCUT2D eigenvalue weighted by molar-refractivity contribution is -0.137. The van der Waals surface area contributed by atoms with Gasteiger partial charge in [0.1, 0.15) is 18.0 Å². The summed E-state index contributed by atoms with van der Waals surface area (Å²) < 4.78 is 15.8. The Hall–Kier alpha value is -5.27. The van der Waals surface area contributed by atoms with Gasteiger partial charge in [-0.1, -0.05) is 24.3 Å². The molecule has 45 heavy (non-hydrogen) atoms. The SMILES string of the molecule is C=CC(=O)OCCCN(C)c1nc(NCCOC)c(N=Nc2nn(-c3ncns3)cc2C#N)c(Nc2c(C)cc(C)cc2C)n1. The van der Waals surface area contributed by atoms with Gasteiger partial charge in [-0.15, -0.1) is 15.3 Å². The Balaban J connectivity index is 1.78. The van der Waals surface area contributed by atoms with Crippen LogP contribution in [0.25, 0.3) is 5.13 Å². The molecule has 0 atom stereocenters. The molecule has 16 heteroatoms. The molecule has 0 spiro atoms. The fraction of sp³-hybridized carbons (Fsp3) is 0.345. The van der Waals surface area contributed by atoms with Crippen LogP contribution in [0.4, 0.5) is 34.8 Å². The van der Waals surface area contributed by atoms with Crippen molar-refractivity contribution < 1.29 is 14.3 Å². The van der Waals surface area contributed by atoms with Gasteiger partial charge in [0, 0.05) is 50.5 Å². The zero-order valence-corrected chi connectivity index (χ0v) is 26.6. The summed E-state index contributed by atoms with van der Waals surface area (Å²) in [5, 5.41) is 30.2. The van der Waals surface area contributed by atoms with E-state index in [1.54, 1.807) is 7.11 Å². The molecule has 0 saturated carbocycles. The standard InChI is InChI=1S/C29H34N12O3S/c1-7-22(42)44-11-8-10-40(5)28-35-26(31-9-12-43-6)24(27(36-28)34-23-19(3)13-18(2)14-20(23)4)37-38-25-21(15-30)16-41(39-25)29-32-17-33-45-29/h7,13-14,16-17H,1,8-12H2,2-6H3,(H2,31,34,35,36). The molecule has 0 fully saturated rings. The van der Waals surface area contributed by atoms with Crippen molar-refractivity contribution in [2.75, 3.05) is 56.0 Å². The van der Waals surface area contributed by atoms with Crippen molar-refractivity contribution in [3.63, 3.8) is 0 Å². The van der Waals surface area contributed by atoms with Crippen molar-refractivity contribution in [3.8, 4) is 11.2 Å². The minimum atomic E-state index is -0.476. The summed E-state index contributed by atoms with van der Waals surface area (Å²) in [6.45, 7) is 11.0. The highest BCUT2D eigenvalue weighted by molar-refractivity contribution is 7.07. The first-order valence-electron chi connectivity index (χ1n) is 13.9. The smallest absolute Gasteiger partial charge is 0.330 e. The third-order valence-corrected chi connectivity index (χ3v) is 7.04. The molecule has 3 aromatic heterocycles. The maximum absolute atomic E-state index is 11.4. The van der Waals surface area contributed by atoms with E-state index in [2.05, 4.69) is 60.1 Å². The third kappa shape index (κ3) is 8.43. The summed E-state index contributed by atoms with van der Waals surface area (Å²) >= 11 is 1.13. The first-order chi connectivity index (χ1) is 21.7. The number of nitriles is 1. The first kappa shape index (κ1) is 32.6. The van der Waals surface area contributed by atoms with Crippen molar-refractivity contribution in [2.24, 2.45) is 10.2 Å². The Morgan fingerprint density at radius 3 is 2.62 bits per heavy atom. The number of hydrogen-bond donors (Lipinski definition) is 2. The molecule has 2 N–H and O–H groups in total. The lowest BCUT2D eigenvalue weighted by atomic mass is 10.1. The number of benzene rings is 1. The average Bonchev–Trinajstić information content (AvgIpc) is 3.70. The number of esters is 1. The number of aromatic nitrogens is 6. The van der Waals surface area contributed by atoms with Crippen LogP contribution in [0.2, 0.25) is 0 Å². The molecule has 4 aromatic rings. The lowest BCUT2D eigenvalue weighted by Gasteiger charge is -2.21. The number of anilines is 4. The van der Waals surface area contributed by atoms with E-state index < -0.39 is 5.97 Å². The molecule has 0 radical (unpaired) electrons. The van der Waals surface area contributed by atoms with E-state index in [0.717, 1.165) is 40.0 Å². The summed E-state index contributed by atoms with van der Waals surface area (Å²) in [6.07, 6.45) is 4.60. The maximum Gasteiger partial charge on any atom is 0.330 e. The highest BCUT2D eigenvalue weighted by atomic mass is 32.1. The molecule has 0 saturated heterocycles. The Labute approximate surface area is 264 Å². The minimum absolute atomic E-state index is 0.0967. The normalized spacial score (nSPS) is 10.9. The van der Waals surface area contributed by atoms with E-state index in [1.807, 2.05) is 32.7 Å². The molecule has 0 aliphatic carbocycles. The summed E-state index contributed by atoms with van der Waals surface area (Å²) in [5.74, 6) is 0.784. The zero-order valence-electron chi connectivity index (χ0n) is 25.7. The number of aryl methyl sites for hydroxylation is 3. The van der Waals surface area contributed by atoms with Crippen molar-refractivity contribution in [3.05, 3.63) is 59.6 Å². The molecule has 0 bridgehead atoms. The molecule has 0 aliphatic rings. The summed E-state index contributed by atoms with van der Waals surface area (Å²) in [4.78, 5) is 27.0. The second-order valence-electron chi connectivity index (χ2n) is 9.88. The van der Waals surface area contributed by atoms with E-state index in [0.29, 0.717) is 54.5 Å². The van der Waals surface area contributed by atoms with Gasteiger partial charge in [0.2, 0.25) is 16.9 Å². The number of nitrogens with one attached hydrogen (secondary N) is 2. The second-order valence-corrected chi connectivity index (χ2v) is 10.6. The van der Waals surface area contributed by atoms with Gasteiger partial charge >= 0.3 is 5.97 Å². The highest BCUT2D eigenvalue weighted by Gasteiger charge is 2.20. The molecule has 0 unspecified atom stereocenters. The van der Waals surface area contributed by atoms with Crippen LogP contribution in [-0.2, 0) is 14.3 Å². The van der Waals surface area contributed by atoms with Gasteiger partial charge in [-0.3, -0.25) is 0 Å². The molecule has 0 amide bonds. The van der Waals surface area contributed by atoms with Crippen LogP contribution in [0.1, 0.15) is 28.7 Å². The molecule has 3 heterocycles. The number of rotatable bonds is 15. The van der Waals surface area contributed by atoms with E-state index in [9.17, 15) is 10.1 Å². The Bertz CT molecular complexity index is 1690. The number of ether oxygens (including phenoxy) is 2. The minimum Gasteiger partial charge on any atom is -0.462 e. The number of carbonyl (C=O) groups is 1. The number of carbonyl (C=O) groups excluding carboxylic acids is 1. The second kappa shape index (κ2) is 15.5. The summed E-state index contributed by atoms with van der Waals surface area (Å²) in [6, 6.07) is 6.25. The maximum atomic E-state index is 11.4. The molecule has 0 aliphatic heterocycles. The quantitative estimate of drug-likeness (QED) is 0.0770. The molecular weight excluding hydrogens is 596 g/mol. The number of hydrogen-bond acceptors (Lipinski definition) is 15. The van der Waals surface area contributed by atoms with Crippen molar-refractivity contribution >= 4 is 52.3 Å². The Kier molecular flexibility index (Phi) is 11.2. The molecule has 1 aromatic carbocycles. The van der Waals surface area contributed by atoms with Crippen LogP contribution in [0, 0.1) is 32.1 Å². The number of methoxy groups -OCH3 is 1. The van der Waals surface area contributed by atoms with Gasteiger partial charge in [0.05, 0.1) is 19.4 Å². The molecule has 15 nitrogen and oxygen atoms in total. The van der Waals surface area contributed by atoms with Gasteiger partial charge < -0.3 is 25.0 Å². The lowest BCUT2D eigenvalue weighted by Crippen LogP contribution is -2.23. The predicted molar refractivity (Wildman–Crippen MR) is 171 cm³/mol. The third-order valence-electron chi connectivity index (χ3n) is 6.39. The van der Waals surface area contributed by atoms with E-state index in [1.165, 1.54) is 17.2 Å². The van der Waals surface area contributed by atoms with Crippen LogP contribution >= 0.6 is 11.5 Å². The monoisotopic (exact) mass is 630 g/mol. The van der Waals surface area contributed by atoms with E-state index in [4.69, 9.17) is 19.4 Å². The Morgan fingerprint density at radius 2 is 1.96 bits per heavy atom. The zero-order chi connectivity index (χ0) is 32.3. The van der Waals surface area contributed by atoms with Crippen molar-refractivity contribution in [1.29, 1.82) is 5.26 Å². The van der Waals surface area contributed by atoms with Gasteiger partial charge in [0.15, 0.2) is 17.3 Å². The molecule has 234 valence electrons. The van der Waals surface area contributed by atoms with Crippen LogP contribution in [-0.4, -0.2) is 75.5 Å². The van der Waals surface area contributed by atoms with Gasteiger partial charge in [-0.2, -0.15) is 19.6 Å². The summed E-state index contributed by atoms with van der Waals surface area (Å²) in [7, 11) is 3.45. The highest BCUT2D eigenvalue weighted by Crippen LogP contribution is 2.38. The van der Waals surface area contributed by atoms with E-state index >= 15 is 0 Å². The van der Waals surface area contributed by atoms with Crippen molar-refractivity contribution in [1.82, 2.24) is 29.1 Å². The van der Waals surface area contributed by atoms with Gasteiger partial charge in [0.25, 0.3) is 0 Å². The summed E-state index contributed by atoms with van der Waals surface area (Å²) in [5.41, 5.74) is 4.54. The Morgan fingerprint density at radius 1 is 1.20 bits per heavy atom. The molecular formula is C29H34N12O3S. The average molecular weight is 631 g/mol. The largest absolute Gasteiger partial charge is 0.462 e. The van der Waals surface area contributed by atoms with Crippen LogP contribution in [0.5, 0.6) is 0 Å². The molecule has 4 rings (SSSR count).